The molecular formula is C17H15NO2. The first-order valence-electron chi connectivity index (χ1n) is 6.57. The maximum atomic E-state index is 11.9. The summed E-state index contributed by atoms with van der Waals surface area (Å²) in [5.74, 6) is -0.271. The Kier molecular flexibility index (Phi) is 3.35. The number of carbonyl (C=O) groups excluding carboxylic acids is 1. The number of Topliss-reactive ketones (excluding diaryl/α,β-unsaturated/α-hetero) is 1. The third kappa shape index (κ3) is 2.24. The van der Waals surface area contributed by atoms with Crippen molar-refractivity contribution in [2.24, 2.45) is 0 Å². The molecule has 0 radical (unpaired) electrons. The van der Waals surface area contributed by atoms with Gasteiger partial charge in [-0.2, -0.15) is 0 Å². The van der Waals surface area contributed by atoms with Crippen molar-refractivity contribution in [3.8, 4) is 0 Å². The molecule has 2 N–H and O–H groups in total. The molecule has 3 rings (SSSR count). The molecule has 3 aromatic rings. The number of ketones is 1. The van der Waals surface area contributed by atoms with Crippen molar-refractivity contribution in [2.75, 3.05) is 6.61 Å². The van der Waals surface area contributed by atoms with Crippen molar-refractivity contribution in [1.82, 2.24) is 4.98 Å². The summed E-state index contributed by atoms with van der Waals surface area (Å²) in [5.41, 5.74) is 3.53. The number of para-hydroxylation sites is 1. The molecule has 100 valence electrons. The zero-order chi connectivity index (χ0) is 13.9. The van der Waals surface area contributed by atoms with Crippen LogP contribution < -0.4 is 0 Å². The quantitative estimate of drug-likeness (QED) is 0.713. The van der Waals surface area contributed by atoms with Gasteiger partial charge in [-0.05, 0) is 17.2 Å². The van der Waals surface area contributed by atoms with E-state index in [-0.39, 0.29) is 5.78 Å². The van der Waals surface area contributed by atoms with Gasteiger partial charge in [-0.25, -0.2) is 0 Å². The van der Waals surface area contributed by atoms with Crippen LogP contribution >= 0.6 is 0 Å². The number of hydrogen-bond donors (Lipinski definition) is 2. The second-order valence-electron chi connectivity index (χ2n) is 4.77. The summed E-state index contributed by atoms with van der Waals surface area (Å²) >= 11 is 0. The lowest BCUT2D eigenvalue weighted by Crippen LogP contribution is -2.08. The molecule has 0 fully saturated rings. The van der Waals surface area contributed by atoms with Crippen LogP contribution in [0, 0.1) is 0 Å². The van der Waals surface area contributed by atoms with E-state index in [0.29, 0.717) is 12.1 Å². The van der Waals surface area contributed by atoms with Crippen molar-refractivity contribution < 1.29 is 9.90 Å². The molecule has 2 aromatic carbocycles. The van der Waals surface area contributed by atoms with Crippen LogP contribution in [-0.4, -0.2) is 22.5 Å². The molecule has 0 aliphatic rings. The molecule has 0 saturated carbocycles. The normalized spacial score (nSPS) is 10.8. The lowest BCUT2D eigenvalue weighted by molar-refractivity contribution is 0.0898. The number of rotatable bonds is 4. The van der Waals surface area contributed by atoms with E-state index >= 15 is 0 Å². The van der Waals surface area contributed by atoms with Gasteiger partial charge in [0.1, 0.15) is 6.61 Å². The van der Waals surface area contributed by atoms with Crippen LogP contribution in [0.3, 0.4) is 0 Å². The van der Waals surface area contributed by atoms with Gasteiger partial charge in [0, 0.05) is 17.3 Å². The molecule has 20 heavy (non-hydrogen) atoms. The van der Waals surface area contributed by atoms with Gasteiger partial charge in [0.25, 0.3) is 0 Å². The molecule has 0 unspecified atom stereocenters. The number of hydrogen-bond acceptors (Lipinski definition) is 2. The van der Waals surface area contributed by atoms with Gasteiger partial charge < -0.3 is 10.1 Å². The van der Waals surface area contributed by atoms with E-state index in [1.165, 1.54) is 0 Å². The zero-order valence-electron chi connectivity index (χ0n) is 11.0. The summed E-state index contributed by atoms with van der Waals surface area (Å²) < 4.78 is 0. The highest BCUT2D eigenvalue weighted by Crippen LogP contribution is 2.25. The monoisotopic (exact) mass is 265 g/mol. The van der Waals surface area contributed by atoms with E-state index in [0.717, 1.165) is 22.0 Å². The van der Waals surface area contributed by atoms with Crippen molar-refractivity contribution in [1.29, 1.82) is 0 Å². The molecule has 0 atom stereocenters. The van der Waals surface area contributed by atoms with Crippen LogP contribution in [0.2, 0.25) is 0 Å². The maximum Gasteiger partial charge on any atom is 0.204 e. The summed E-state index contributed by atoms with van der Waals surface area (Å²) in [4.78, 5) is 15.0. The van der Waals surface area contributed by atoms with E-state index in [1.807, 2.05) is 54.6 Å². The number of fused-ring (bicyclic) bond motifs is 1. The Bertz CT molecular complexity index is 744. The summed E-state index contributed by atoms with van der Waals surface area (Å²) in [6.07, 6.45) is 0.673. The molecule has 3 nitrogen and oxygen atoms in total. The van der Waals surface area contributed by atoms with Crippen LogP contribution in [0.5, 0.6) is 0 Å². The molecule has 3 heteroatoms. The van der Waals surface area contributed by atoms with Crippen molar-refractivity contribution in [2.45, 2.75) is 6.42 Å². The first kappa shape index (κ1) is 12.6. The van der Waals surface area contributed by atoms with Crippen molar-refractivity contribution in [3.05, 3.63) is 71.4 Å². The third-order valence-corrected chi connectivity index (χ3v) is 3.46. The van der Waals surface area contributed by atoms with Gasteiger partial charge in [-0.1, -0.05) is 48.5 Å². The molecule has 0 bridgehead atoms. The topological polar surface area (TPSA) is 53.1 Å². The number of aromatic nitrogens is 1. The van der Waals surface area contributed by atoms with Crippen LogP contribution in [0.1, 0.15) is 21.6 Å². The summed E-state index contributed by atoms with van der Waals surface area (Å²) in [6.45, 7) is -0.478. The molecule has 0 saturated heterocycles. The number of H-pyrrole nitrogens is 1. The lowest BCUT2D eigenvalue weighted by atomic mass is 10.0. The smallest absolute Gasteiger partial charge is 0.204 e. The second-order valence-corrected chi connectivity index (χ2v) is 4.77. The van der Waals surface area contributed by atoms with E-state index in [1.54, 1.807) is 0 Å². The number of benzene rings is 2. The average molecular weight is 265 g/mol. The van der Waals surface area contributed by atoms with Crippen LogP contribution in [0.15, 0.2) is 54.6 Å². The van der Waals surface area contributed by atoms with E-state index < -0.39 is 6.61 Å². The molecule has 0 aliphatic heterocycles. The highest BCUT2D eigenvalue weighted by molar-refractivity contribution is 6.03. The molecular weight excluding hydrogens is 250 g/mol. The predicted octanol–water partition coefficient (Wildman–Crippen LogP) is 2.93. The Hall–Kier alpha value is -2.39. The van der Waals surface area contributed by atoms with Crippen LogP contribution in [0.25, 0.3) is 10.9 Å². The molecule has 1 heterocycles. The average Bonchev–Trinajstić information content (AvgIpc) is 2.86. The van der Waals surface area contributed by atoms with Gasteiger partial charge >= 0.3 is 0 Å². The summed E-state index contributed by atoms with van der Waals surface area (Å²) in [5, 5.41) is 10.2. The van der Waals surface area contributed by atoms with E-state index in [9.17, 15) is 4.79 Å². The molecule has 0 spiro atoms. The fraction of sp³-hybridized carbons (Fsp3) is 0.118. The minimum absolute atomic E-state index is 0.271. The Balaban J connectivity index is 2.13. The maximum absolute atomic E-state index is 11.9. The first-order chi connectivity index (χ1) is 9.79. The molecule has 0 aliphatic carbocycles. The van der Waals surface area contributed by atoms with Gasteiger partial charge in [0.15, 0.2) is 0 Å². The van der Waals surface area contributed by atoms with Crippen LogP contribution in [0.4, 0.5) is 0 Å². The Labute approximate surface area is 116 Å². The number of aromatic amines is 1. The molecule has 1 aromatic heterocycles. The third-order valence-electron chi connectivity index (χ3n) is 3.46. The Morgan fingerprint density at radius 2 is 1.70 bits per heavy atom. The van der Waals surface area contributed by atoms with Crippen LogP contribution in [-0.2, 0) is 6.42 Å². The Morgan fingerprint density at radius 3 is 2.45 bits per heavy atom. The van der Waals surface area contributed by atoms with Gasteiger partial charge in [0.05, 0.1) is 5.69 Å². The zero-order valence-corrected chi connectivity index (χ0v) is 11.0. The Morgan fingerprint density at radius 1 is 1.00 bits per heavy atom. The predicted molar refractivity (Wildman–Crippen MR) is 79.0 cm³/mol. The first-order valence-corrected chi connectivity index (χ1v) is 6.57. The second kappa shape index (κ2) is 5.31. The number of aliphatic hydroxyl groups is 1. The summed E-state index contributed by atoms with van der Waals surface area (Å²) in [7, 11) is 0. The highest BCUT2D eigenvalue weighted by atomic mass is 16.3. The van der Waals surface area contributed by atoms with Crippen molar-refractivity contribution in [3.63, 3.8) is 0 Å². The van der Waals surface area contributed by atoms with E-state index in [2.05, 4.69) is 4.98 Å². The minimum atomic E-state index is -0.478. The SMILES string of the molecule is O=C(CO)c1[nH]c2ccccc2c1Cc1ccccc1. The fourth-order valence-corrected chi connectivity index (χ4v) is 2.50. The van der Waals surface area contributed by atoms with E-state index in [4.69, 9.17) is 5.11 Å². The van der Waals surface area contributed by atoms with Gasteiger partial charge in [0.2, 0.25) is 5.78 Å². The van der Waals surface area contributed by atoms with Gasteiger partial charge in [-0.3, -0.25) is 4.79 Å². The fourth-order valence-electron chi connectivity index (χ4n) is 2.50. The lowest BCUT2D eigenvalue weighted by Gasteiger charge is -2.03. The molecule has 0 amide bonds. The van der Waals surface area contributed by atoms with Crippen molar-refractivity contribution >= 4 is 16.7 Å². The minimum Gasteiger partial charge on any atom is -0.388 e. The largest absolute Gasteiger partial charge is 0.388 e. The number of nitrogens with one attached hydrogen (secondary N) is 1. The highest BCUT2D eigenvalue weighted by Gasteiger charge is 2.16. The number of carbonyl (C=O) groups is 1. The number of aliphatic hydroxyl groups excluding tert-OH is 1. The standard InChI is InChI=1S/C17H15NO2/c19-11-16(20)17-14(10-12-6-2-1-3-7-12)13-8-4-5-9-15(13)18-17/h1-9,18-19H,10-11H2. The summed E-state index contributed by atoms with van der Waals surface area (Å²) in [6, 6.07) is 17.8. The van der Waals surface area contributed by atoms with Gasteiger partial charge in [-0.15, -0.1) is 0 Å².